The number of benzene rings is 2. The molecule has 1 N–H and O–H groups in total. The van der Waals surface area contributed by atoms with Gasteiger partial charge in [0.15, 0.2) is 6.10 Å². The van der Waals surface area contributed by atoms with Crippen LogP contribution in [0.2, 0.25) is 0 Å². The van der Waals surface area contributed by atoms with Crippen molar-refractivity contribution < 1.29 is 40.2 Å². The maximum atomic E-state index is 14.0. The minimum absolute atomic E-state index is 0.136. The van der Waals surface area contributed by atoms with Gasteiger partial charge in [0.2, 0.25) is 9.84 Å². The number of nitrogens with zero attached hydrogens (tertiary/aromatic N) is 1. The largest absolute Gasteiger partial charge is 0.457 e. The predicted octanol–water partition coefficient (Wildman–Crippen LogP) is 3.93. The number of nitriles is 1. The summed E-state index contributed by atoms with van der Waals surface area (Å²) >= 11 is 0. The van der Waals surface area contributed by atoms with Crippen molar-refractivity contribution in [3.05, 3.63) is 58.9 Å². The molecule has 0 fully saturated rings. The van der Waals surface area contributed by atoms with E-state index in [9.17, 15) is 35.5 Å². The average Bonchev–Trinajstić information content (AvgIpc) is 2.85. The fourth-order valence-electron chi connectivity index (χ4n) is 2.77. The summed E-state index contributed by atoms with van der Waals surface area (Å²) in [6, 6.07) is 5.93. The molecule has 0 spiro atoms. The van der Waals surface area contributed by atoms with E-state index < -0.39 is 61.6 Å². The number of alkyl halides is 4. The van der Waals surface area contributed by atoms with Gasteiger partial charge in [-0.3, -0.25) is 0 Å². The highest BCUT2D eigenvalue weighted by atomic mass is 32.2. The lowest BCUT2D eigenvalue weighted by Crippen LogP contribution is -2.23. The lowest BCUT2D eigenvalue weighted by atomic mass is 10.1. The molecule has 147 valence electrons. The van der Waals surface area contributed by atoms with Gasteiger partial charge >= 0.3 is 5.76 Å². The molecule has 1 radical (unpaired) electrons. The summed E-state index contributed by atoms with van der Waals surface area (Å²) in [5.74, 6) is -9.33. The molecule has 28 heavy (non-hydrogen) atoms. The summed E-state index contributed by atoms with van der Waals surface area (Å²) in [7, 11) is -5.30. The summed E-state index contributed by atoms with van der Waals surface area (Å²) in [5.41, 5.74) is -1.64. The zero-order chi connectivity index (χ0) is 20.9. The highest BCUT2D eigenvalue weighted by molar-refractivity contribution is 7.91. The van der Waals surface area contributed by atoms with Gasteiger partial charge in [-0.05, 0) is 24.3 Å². The van der Waals surface area contributed by atoms with Crippen molar-refractivity contribution in [1.82, 2.24) is 0 Å². The molecule has 3 rings (SSSR count). The Balaban J connectivity index is 2.17. The molecule has 0 atom stereocenters. The fourth-order valence-corrected chi connectivity index (χ4v) is 3.73. The molecule has 2 aromatic rings. The Morgan fingerprint density at radius 3 is 2.50 bits per heavy atom. The molecule has 1 aliphatic carbocycles. The normalized spacial score (nSPS) is 16.1. The van der Waals surface area contributed by atoms with Gasteiger partial charge in [0.25, 0.3) is 5.92 Å². The first-order chi connectivity index (χ1) is 13.0. The smallest absolute Gasteiger partial charge is 0.341 e. The van der Waals surface area contributed by atoms with Crippen LogP contribution >= 0.6 is 0 Å². The van der Waals surface area contributed by atoms with Crippen molar-refractivity contribution >= 4 is 9.84 Å². The number of aliphatic hydroxyl groups is 1. The number of ether oxygens (including phenoxy) is 1. The van der Waals surface area contributed by atoms with E-state index >= 15 is 0 Å². The summed E-state index contributed by atoms with van der Waals surface area (Å²) < 4.78 is 96.1. The zero-order valence-electron chi connectivity index (χ0n) is 13.6. The van der Waals surface area contributed by atoms with Crippen LogP contribution < -0.4 is 4.74 Å². The number of aliphatic hydroxyl groups excluding tert-OH is 1. The Morgan fingerprint density at radius 1 is 1.21 bits per heavy atom. The van der Waals surface area contributed by atoms with Gasteiger partial charge in [0, 0.05) is 23.6 Å². The van der Waals surface area contributed by atoms with Crippen LogP contribution in [0.3, 0.4) is 0 Å². The molecule has 0 saturated heterocycles. The molecule has 0 saturated carbocycles. The Hall–Kier alpha value is -2.71. The third kappa shape index (κ3) is 3.29. The van der Waals surface area contributed by atoms with Gasteiger partial charge in [0.05, 0.1) is 16.5 Å². The molecule has 0 aliphatic heterocycles. The van der Waals surface area contributed by atoms with E-state index in [2.05, 4.69) is 0 Å². The monoisotopic (exact) mass is 418 g/mol. The number of rotatable bonds is 4. The van der Waals surface area contributed by atoms with Crippen LogP contribution in [0.5, 0.6) is 11.5 Å². The van der Waals surface area contributed by atoms with E-state index in [1.54, 1.807) is 6.07 Å². The number of halogens is 5. The zero-order valence-corrected chi connectivity index (χ0v) is 14.4. The second-order valence-electron chi connectivity index (χ2n) is 5.84. The maximum Gasteiger partial charge on any atom is 0.341 e. The van der Waals surface area contributed by atoms with E-state index in [0.717, 1.165) is 24.3 Å². The molecule has 11 heteroatoms. The molecule has 0 amide bonds. The minimum Gasteiger partial charge on any atom is -0.457 e. The van der Waals surface area contributed by atoms with E-state index in [4.69, 9.17) is 10.00 Å². The summed E-state index contributed by atoms with van der Waals surface area (Å²) in [4.78, 5) is -1.17. The molecule has 0 unspecified atom stereocenters. The number of fused-ring (bicyclic) bond motifs is 1. The van der Waals surface area contributed by atoms with Crippen molar-refractivity contribution in [2.24, 2.45) is 0 Å². The van der Waals surface area contributed by atoms with Gasteiger partial charge in [0.1, 0.15) is 17.3 Å². The third-order valence-electron chi connectivity index (χ3n) is 3.98. The second kappa shape index (κ2) is 6.72. The average molecular weight is 418 g/mol. The third-order valence-corrected chi connectivity index (χ3v) is 5.41. The van der Waals surface area contributed by atoms with Gasteiger partial charge in [-0.2, -0.15) is 14.0 Å². The van der Waals surface area contributed by atoms with E-state index in [1.807, 2.05) is 0 Å². The molecular weight excluding hydrogens is 409 g/mol. The van der Waals surface area contributed by atoms with Crippen LogP contribution in [-0.4, -0.2) is 25.2 Å². The fraction of sp³-hybridized carbons (Fsp3) is 0.176. The van der Waals surface area contributed by atoms with Gasteiger partial charge in [-0.25, -0.2) is 21.6 Å². The van der Waals surface area contributed by atoms with Gasteiger partial charge in [-0.15, -0.1) is 0 Å². The lowest BCUT2D eigenvalue weighted by Gasteiger charge is -2.15. The van der Waals surface area contributed by atoms with Crippen LogP contribution in [0.1, 0.15) is 16.7 Å². The Morgan fingerprint density at radius 2 is 1.89 bits per heavy atom. The summed E-state index contributed by atoms with van der Waals surface area (Å²) in [5, 5.41) is 18.6. The van der Waals surface area contributed by atoms with Crippen LogP contribution in [0, 0.1) is 23.3 Å². The molecule has 0 heterocycles. The van der Waals surface area contributed by atoms with Crippen LogP contribution in [0.25, 0.3) is 0 Å². The van der Waals surface area contributed by atoms with Crippen LogP contribution in [0.15, 0.2) is 35.2 Å². The van der Waals surface area contributed by atoms with E-state index in [0.29, 0.717) is 6.07 Å². The van der Waals surface area contributed by atoms with Crippen molar-refractivity contribution in [3.63, 3.8) is 0 Å². The summed E-state index contributed by atoms with van der Waals surface area (Å²) in [6.45, 7) is 0. The number of hydrogen-bond acceptors (Lipinski definition) is 5. The first kappa shape index (κ1) is 20.0. The first-order valence-corrected chi connectivity index (χ1v) is 9.03. The van der Waals surface area contributed by atoms with E-state index in [-0.39, 0.29) is 11.3 Å². The van der Waals surface area contributed by atoms with Crippen LogP contribution in [0.4, 0.5) is 22.0 Å². The van der Waals surface area contributed by atoms with Crippen LogP contribution in [-0.2, 0) is 16.3 Å². The SMILES string of the molecule is N#Cc1cc(F)cc(Oc2ccc(S(=O)(=O)C(F)F)c3c2CC(F)(F)[C]3O)c1. The topological polar surface area (TPSA) is 87.4 Å². The summed E-state index contributed by atoms with van der Waals surface area (Å²) in [6.07, 6.45) is -2.89. The van der Waals surface area contributed by atoms with Gasteiger partial charge in [-0.1, -0.05) is 0 Å². The minimum atomic E-state index is -5.30. The molecule has 2 aromatic carbocycles. The molecule has 1 aliphatic rings. The Bertz CT molecular complexity index is 1100. The van der Waals surface area contributed by atoms with E-state index in [1.165, 1.54) is 0 Å². The first-order valence-electron chi connectivity index (χ1n) is 7.48. The highest BCUT2D eigenvalue weighted by Crippen LogP contribution is 2.49. The lowest BCUT2D eigenvalue weighted by molar-refractivity contribution is -0.0220. The number of sulfone groups is 1. The quantitative estimate of drug-likeness (QED) is 0.761. The molecule has 5 nitrogen and oxygen atoms in total. The Kier molecular flexibility index (Phi) is 4.81. The van der Waals surface area contributed by atoms with Crippen molar-refractivity contribution in [2.75, 3.05) is 0 Å². The van der Waals surface area contributed by atoms with Crippen molar-refractivity contribution in [2.45, 2.75) is 23.0 Å². The van der Waals surface area contributed by atoms with Gasteiger partial charge < -0.3 is 9.84 Å². The Labute approximate surface area is 155 Å². The second-order valence-corrected chi connectivity index (χ2v) is 7.73. The standard InChI is InChI=1S/C17H9F5NO4S/c18-9-3-8(7-23)4-10(5-9)27-12-1-2-13(28(25,26)16(19)20)14-11(12)6-17(21,22)15(14)24/h1-5,16,24H,6H2. The predicted molar refractivity (Wildman–Crippen MR) is 83.8 cm³/mol. The number of hydrogen-bond donors (Lipinski definition) is 1. The molecule has 0 bridgehead atoms. The van der Waals surface area contributed by atoms with Crippen molar-refractivity contribution in [1.29, 1.82) is 5.26 Å². The maximum absolute atomic E-state index is 14.0. The highest BCUT2D eigenvalue weighted by Gasteiger charge is 2.52. The molecule has 0 aromatic heterocycles. The van der Waals surface area contributed by atoms with Crippen molar-refractivity contribution in [3.8, 4) is 17.6 Å². The molecular formula is C17H9F5NO4S.